The van der Waals surface area contributed by atoms with Gasteiger partial charge in [-0.3, -0.25) is 0 Å². The van der Waals surface area contributed by atoms with E-state index in [4.69, 9.17) is 14.2 Å². The number of halogens is 2. The molecule has 112 valence electrons. The van der Waals surface area contributed by atoms with Crippen LogP contribution in [0.1, 0.15) is 5.56 Å². The van der Waals surface area contributed by atoms with Crippen LogP contribution in [0.5, 0.6) is 17.2 Å². The Morgan fingerprint density at radius 2 is 1.52 bits per heavy atom. The third-order valence-electron chi connectivity index (χ3n) is 3.20. The van der Waals surface area contributed by atoms with Crippen molar-refractivity contribution in [1.82, 2.24) is 0 Å². The van der Waals surface area contributed by atoms with Crippen LogP contribution in [0.4, 0.5) is 8.78 Å². The highest BCUT2D eigenvalue weighted by atomic mass is 19.1. The van der Waals surface area contributed by atoms with Crippen molar-refractivity contribution in [1.29, 1.82) is 0 Å². The van der Waals surface area contributed by atoms with Gasteiger partial charge in [-0.05, 0) is 11.6 Å². The minimum absolute atomic E-state index is 0.0187. The van der Waals surface area contributed by atoms with E-state index in [0.717, 1.165) is 0 Å². The summed E-state index contributed by atoms with van der Waals surface area (Å²) in [5.74, 6) is 0.931. The van der Waals surface area contributed by atoms with Crippen LogP contribution in [0.2, 0.25) is 0 Å². The Morgan fingerprint density at radius 3 is 1.95 bits per heavy atom. The predicted molar refractivity (Wildman–Crippen MR) is 76.3 cm³/mol. The fourth-order valence-electron chi connectivity index (χ4n) is 2.10. The molecule has 5 heteroatoms. The van der Waals surface area contributed by atoms with Crippen molar-refractivity contribution in [3.05, 3.63) is 41.7 Å². The Kier molecular flexibility index (Phi) is 4.62. The van der Waals surface area contributed by atoms with Crippen molar-refractivity contribution in [2.75, 3.05) is 21.3 Å². The average molecular weight is 294 g/mol. The summed E-state index contributed by atoms with van der Waals surface area (Å²) in [6.45, 7) is -0.844. The maximum absolute atomic E-state index is 13.8. The van der Waals surface area contributed by atoms with E-state index in [0.29, 0.717) is 28.4 Å². The molecule has 21 heavy (non-hydrogen) atoms. The second-order valence-electron chi connectivity index (χ2n) is 4.35. The zero-order valence-corrected chi connectivity index (χ0v) is 12.1. The van der Waals surface area contributed by atoms with Crippen molar-refractivity contribution in [3.63, 3.8) is 0 Å². The number of rotatable bonds is 5. The van der Waals surface area contributed by atoms with Gasteiger partial charge in [-0.15, -0.1) is 0 Å². The Morgan fingerprint density at radius 1 is 0.905 bits per heavy atom. The van der Waals surface area contributed by atoms with E-state index in [1.807, 2.05) is 0 Å². The molecule has 0 amide bonds. The molecule has 0 atom stereocenters. The van der Waals surface area contributed by atoms with Crippen LogP contribution in [-0.2, 0) is 6.67 Å². The number of hydrogen-bond donors (Lipinski definition) is 0. The highest BCUT2D eigenvalue weighted by molar-refractivity contribution is 5.78. The average Bonchev–Trinajstić information content (AvgIpc) is 2.53. The Labute approximate surface area is 122 Å². The lowest BCUT2D eigenvalue weighted by Gasteiger charge is -2.15. The topological polar surface area (TPSA) is 27.7 Å². The quantitative estimate of drug-likeness (QED) is 0.834. The fraction of sp³-hybridized carbons (Fsp3) is 0.250. The van der Waals surface area contributed by atoms with Gasteiger partial charge in [0, 0.05) is 17.7 Å². The van der Waals surface area contributed by atoms with Crippen molar-refractivity contribution >= 4 is 0 Å². The van der Waals surface area contributed by atoms with Gasteiger partial charge < -0.3 is 14.2 Å². The molecule has 0 aliphatic heterocycles. The Bertz CT molecular complexity index is 616. The van der Waals surface area contributed by atoms with E-state index in [9.17, 15) is 8.78 Å². The molecule has 0 fully saturated rings. The molecule has 0 saturated carbocycles. The van der Waals surface area contributed by atoms with Crippen LogP contribution in [0.15, 0.2) is 30.3 Å². The zero-order chi connectivity index (χ0) is 15.4. The summed E-state index contributed by atoms with van der Waals surface area (Å²) in [5, 5.41) is 0. The van der Waals surface area contributed by atoms with Crippen LogP contribution in [-0.4, -0.2) is 21.3 Å². The number of methoxy groups -OCH3 is 3. The minimum Gasteiger partial charge on any atom is -0.496 e. The highest BCUT2D eigenvalue weighted by Gasteiger charge is 2.16. The van der Waals surface area contributed by atoms with E-state index in [-0.39, 0.29) is 5.56 Å². The van der Waals surface area contributed by atoms with Gasteiger partial charge in [-0.25, -0.2) is 8.78 Å². The van der Waals surface area contributed by atoms with Gasteiger partial charge in [-0.2, -0.15) is 0 Å². The standard InChI is InChI=1S/C16H16F2O3/c1-19-12-7-14(20-2)16(15(8-12)21-3)10-4-5-11(9-17)13(18)6-10/h4-8H,9H2,1-3H3. The second kappa shape index (κ2) is 6.43. The van der Waals surface area contributed by atoms with E-state index >= 15 is 0 Å². The first-order valence-electron chi connectivity index (χ1n) is 6.29. The maximum Gasteiger partial charge on any atom is 0.134 e. The Hall–Kier alpha value is -2.30. The lowest BCUT2D eigenvalue weighted by atomic mass is 10.0. The second-order valence-corrected chi connectivity index (χ2v) is 4.35. The summed E-state index contributed by atoms with van der Waals surface area (Å²) in [5.41, 5.74) is 1.15. The summed E-state index contributed by atoms with van der Waals surface area (Å²) in [6.07, 6.45) is 0. The fourth-order valence-corrected chi connectivity index (χ4v) is 2.10. The van der Waals surface area contributed by atoms with E-state index in [2.05, 4.69) is 0 Å². The van der Waals surface area contributed by atoms with Crippen LogP contribution >= 0.6 is 0 Å². The number of ether oxygens (including phenoxy) is 3. The van der Waals surface area contributed by atoms with E-state index in [1.54, 1.807) is 18.2 Å². The van der Waals surface area contributed by atoms with Crippen LogP contribution < -0.4 is 14.2 Å². The van der Waals surface area contributed by atoms with E-state index < -0.39 is 12.5 Å². The van der Waals surface area contributed by atoms with Crippen molar-refractivity contribution in [2.24, 2.45) is 0 Å². The summed E-state index contributed by atoms with van der Waals surface area (Å²) in [4.78, 5) is 0. The molecule has 2 aromatic carbocycles. The van der Waals surface area contributed by atoms with Crippen LogP contribution in [0, 0.1) is 5.82 Å². The van der Waals surface area contributed by atoms with Crippen molar-refractivity contribution < 1.29 is 23.0 Å². The molecular weight excluding hydrogens is 278 g/mol. The van der Waals surface area contributed by atoms with Gasteiger partial charge in [0.1, 0.15) is 29.7 Å². The zero-order valence-electron chi connectivity index (χ0n) is 12.1. The van der Waals surface area contributed by atoms with E-state index in [1.165, 1.54) is 33.5 Å². The Balaban J connectivity index is 2.64. The highest BCUT2D eigenvalue weighted by Crippen LogP contribution is 2.42. The number of alkyl halides is 1. The van der Waals surface area contributed by atoms with Crippen LogP contribution in [0.3, 0.4) is 0 Å². The molecule has 3 nitrogen and oxygen atoms in total. The molecule has 0 radical (unpaired) electrons. The third kappa shape index (κ3) is 2.91. The first-order valence-corrected chi connectivity index (χ1v) is 6.29. The number of hydrogen-bond acceptors (Lipinski definition) is 3. The SMILES string of the molecule is COc1cc(OC)c(-c2ccc(CF)c(F)c2)c(OC)c1. The molecule has 0 N–H and O–H groups in total. The lowest BCUT2D eigenvalue weighted by Crippen LogP contribution is -1.96. The third-order valence-corrected chi connectivity index (χ3v) is 3.20. The summed E-state index contributed by atoms with van der Waals surface area (Å²) >= 11 is 0. The normalized spacial score (nSPS) is 10.3. The molecule has 0 unspecified atom stereocenters. The van der Waals surface area contributed by atoms with Gasteiger partial charge >= 0.3 is 0 Å². The van der Waals surface area contributed by atoms with Gasteiger partial charge in [0.25, 0.3) is 0 Å². The smallest absolute Gasteiger partial charge is 0.134 e. The molecule has 0 saturated heterocycles. The number of benzene rings is 2. The maximum atomic E-state index is 13.8. The largest absolute Gasteiger partial charge is 0.496 e. The van der Waals surface area contributed by atoms with Crippen molar-refractivity contribution in [3.8, 4) is 28.4 Å². The predicted octanol–water partition coefficient (Wildman–Crippen LogP) is 3.99. The first kappa shape index (κ1) is 15.1. The molecule has 0 aliphatic carbocycles. The molecular formula is C16H16F2O3. The molecule has 0 aliphatic rings. The first-order chi connectivity index (χ1) is 10.1. The summed E-state index contributed by atoms with van der Waals surface area (Å²) in [7, 11) is 4.54. The molecule has 0 heterocycles. The van der Waals surface area contributed by atoms with Crippen molar-refractivity contribution in [2.45, 2.75) is 6.67 Å². The molecule has 2 rings (SSSR count). The molecule has 2 aromatic rings. The monoisotopic (exact) mass is 294 g/mol. The summed E-state index contributed by atoms with van der Waals surface area (Å²) in [6, 6.07) is 7.66. The van der Waals surface area contributed by atoms with Gasteiger partial charge in [-0.1, -0.05) is 12.1 Å². The molecule has 0 spiro atoms. The summed E-state index contributed by atoms with van der Waals surface area (Å²) < 4.78 is 42.2. The minimum atomic E-state index is -0.844. The van der Waals surface area contributed by atoms with Crippen LogP contribution in [0.25, 0.3) is 11.1 Å². The van der Waals surface area contributed by atoms with Gasteiger partial charge in [0.15, 0.2) is 0 Å². The van der Waals surface area contributed by atoms with Gasteiger partial charge in [0.2, 0.25) is 0 Å². The van der Waals surface area contributed by atoms with Gasteiger partial charge in [0.05, 0.1) is 26.9 Å². The molecule has 0 bridgehead atoms. The molecule has 0 aromatic heterocycles. The lowest BCUT2D eigenvalue weighted by molar-refractivity contribution is 0.377.